The standard InChI is InChI=1S/C32H18N8.Cl2.In.3H/c1-2-10-18-17(9-1)25-33-26(18)38-28-21-13-5-6-14-22(21)30(35-28)40-32-24-16-8-7-15-23(24)31(36-32)39-29-20-12-4-3-11-19(20)27(34-29)37-25;1-2;;;;/h1-16H,(H2,33,34,35,36,37,38,39,40);;;;;. The summed E-state index contributed by atoms with van der Waals surface area (Å²) >= 11 is 0. The van der Waals surface area contributed by atoms with E-state index in [4.69, 9.17) is 29.9 Å². The molecule has 2 aliphatic rings. The molecule has 11 heteroatoms. The van der Waals surface area contributed by atoms with Crippen molar-refractivity contribution in [2.75, 3.05) is 0 Å². The molecule has 2 aliphatic heterocycles. The minimum absolute atomic E-state index is 0. The third-order valence-electron chi connectivity index (χ3n) is 7.46. The number of aromatic amines is 2. The third kappa shape index (κ3) is 4.47. The molecule has 0 atom stereocenters. The van der Waals surface area contributed by atoms with Crippen LogP contribution in [-0.4, -0.2) is 65.7 Å². The zero-order valence-corrected chi connectivity index (χ0v) is 23.2. The smallest absolute Gasteiger partial charge is 0.164 e. The molecule has 2 N–H and O–H groups in total. The Morgan fingerprint density at radius 2 is 0.581 bits per heavy atom. The molecular weight excluding hydrogens is 682 g/mol. The van der Waals surface area contributed by atoms with E-state index in [-0.39, 0.29) is 25.8 Å². The van der Waals surface area contributed by atoms with Crippen LogP contribution in [0.5, 0.6) is 0 Å². The van der Waals surface area contributed by atoms with Gasteiger partial charge in [-0.2, -0.15) is 0 Å². The average Bonchev–Trinajstić information content (AvgIpc) is 3.78. The van der Waals surface area contributed by atoms with Crippen LogP contribution >= 0.6 is 21.7 Å². The van der Waals surface area contributed by atoms with E-state index in [9.17, 15) is 0 Å². The van der Waals surface area contributed by atoms with Crippen molar-refractivity contribution in [2.45, 2.75) is 0 Å². The number of nitrogens with zero attached hydrogens (tertiary/aromatic N) is 6. The van der Waals surface area contributed by atoms with Gasteiger partial charge in [0.25, 0.3) is 0 Å². The molecule has 8 nitrogen and oxygen atoms in total. The molecule has 9 rings (SSSR count). The number of halogens is 2. The molecule has 0 saturated carbocycles. The summed E-state index contributed by atoms with van der Waals surface area (Å²) in [4.78, 5) is 36.8. The number of H-pyrrole nitrogens is 2. The fourth-order valence-corrected chi connectivity index (χ4v) is 5.59. The van der Waals surface area contributed by atoms with Crippen LogP contribution in [-0.2, 0) is 0 Å². The Balaban J connectivity index is 0.000000981. The Kier molecular flexibility index (Phi) is 7.09. The van der Waals surface area contributed by atoms with Crippen molar-refractivity contribution < 1.29 is 0 Å². The molecular formula is C32H21Cl2InN8. The van der Waals surface area contributed by atoms with Gasteiger partial charge in [-0.15, -0.1) is 0 Å². The molecule has 7 aromatic rings. The van der Waals surface area contributed by atoms with Gasteiger partial charge >= 0.3 is 25.8 Å². The van der Waals surface area contributed by atoms with E-state index in [1.54, 1.807) is 0 Å². The summed E-state index contributed by atoms with van der Waals surface area (Å²) in [5.41, 5.74) is 6.45. The van der Waals surface area contributed by atoms with Gasteiger partial charge in [-0.05, 0) is 0 Å². The van der Waals surface area contributed by atoms with Crippen molar-refractivity contribution in [1.29, 1.82) is 0 Å². The maximum Gasteiger partial charge on any atom is 0.164 e. The van der Waals surface area contributed by atoms with Crippen LogP contribution in [0.15, 0.2) is 97.1 Å². The third-order valence-corrected chi connectivity index (χ3v) is 7.46. The number of hydrogen-bond donors (Lipinski definition) is 2. The SMILES string of the molecule is ClCl.[InH3].c1ccc2c(c1)-c1nc-2nc2[nH]c(nc3nc(nc4[nH]c(n1)c1ccccc41)-c1ccccc1-3)c1ccccc21. The zero-order valence-electron chi connectivity index (χ0n) is 21.7. The Morgan fingerprint density at radius 1 is 0.349 bits per heavy atom. The summed E-state index contributed by atoms with van der Waals surface area (Å²) in [6.45, 7) is 0. The first-order chi connectivity index (χ1) is 20.8. The topological polar surface area (TPSA) is 109 Å². The number of rotatable bonds is 0. The van der Waals surface area contributed by atoms with Crippen LogP contribution < -0.4 is 0 Å². The van der Waals surface area contributed by atoms with Crippen molar-refractivity contribution in [3.05, 3.63) is 97.1 Å². The molecule has 43 heavy (non-hydrogen) atoms. The van der Waals surface area contributed by atoms with Crippen molar-refractivity contribution in [3.8, 4) is 45.6 Å². The van der Waals surface area contributed by atoms with E-state index in [0.29, 0.717) is 45.9 Å². The van der Waals surface area contributed by atoms with Crippen molar-refractivity contribution in [2.24, 2.45) is 0 Å². The summed E-state index contributed by atoms with van der Waals surface area (Å²) in [7, 11) is 8.22. The molecule has 0 radical (unpaired) electrons. The molecule has 5 heterocycles. The fourth-order valence-electron chi connectivity index (χ4n) is 5.59. The number of benzene rings is 4. The van der Waals surface area contributed by atoms with E-state index < -0.39 is 0 Å². The normalized spacial score (nSPS) is 11.3. The second-order valence-electron chi connectivity index (χ2n) is 9.79. The second-order valence-corrected chi connectivity index (χ2v) is 9.79. The van der Waals surface area contributed by atoms with Crippen LogP contribution in [0.3, 0.4) is 0 Å². The summed E-state index contributed by atoms with van der Waals surface area (Å²) in [6.07, 6.45) is 0. The summed E-state index contributed by atoms with van der Waals surface area (Å²) in [6, 6.07) is 32.2. The Hall–Kier alpha value is -4.31. The Bertz CT molecular complexity index is 2050. The first-order valence-electron chi connectivity index (χ1n) is 13.1. The van der Waals surface area contributed by atoms with E-state index in [1.807, 2.05) is 97.1 Å². The average molecular weight is 703 g/mol. The molecule has 0 unspecified atom stereocenters. The predicted octanol–water partition coefficient (Wildman–Crippen LogP) is 7.06. The molecule has 8 bridgehead atoms. The van der Waals surface area contributed by atoms with Gasteiger partial charge in [-0.3, -0.25) is 0 Å². The maximum absolute atomic E-state index is 5.02. The van der Waals surface area contributed by atoms with Gasteiger partial charge in [0, 0.05) is 65.5 Å². The molecule has 0 saturated heterocycles. The number of fused-ring (bicyclic) bond motifs is 20. The quantitative estimate of drug-likeness (QED) is 0.175. The van der Waals surface area contributed by atoms with Crippen LogP contribution in [0.2, 0.25) is 0 Å². The monoisotopic (exact) mass is 702 g/mol. The molecule has 206 valence electrons. The summed E-state index contributed by atoms with van der Waals surface area (Å²) in [5.74, 6) is 2.39. The van der Waals surface area contributed by atoms with Gasteiger partial charge < -0.3 is 9.97 Å². The van der Waals surface area contributed by atoms with Crippen molar-refractivity contribution in [3.63, 3.8) is 0 Å². The van der Waals surface area contributed by atoms with E-state index in [1.165, 1.54) is 0 Å². The van der Waals surface area contributed by atoms with Gasteiger partial charge in [0.2, 0.25) is 0 Å². The maximum atomic E-state index is 5.02. The Labute approximate surface area is 272 Å². The van der Waals surface area contributed by atoms with E-state index in [0.717, 1.165) is 43.8 Å². The predicted molar refractivity (Wildman–Crippen MR) is 178 cm³/mol. The van der Waals surface area contributed by atoms with Crippen molar-refractivity contribution >= 4 is 91.7 Å². The minimum atomic E-state index is 0. The van der Waals surface area contributed by atoms with Crippen LogP contribution in [0.25, 0.3) is 89.7 Å². The molecule has 0 aliphatic carbocycles. The second kappa shape index (κ2) is 11.1. The van der Waals surface area contributed by atoms with Gasteiger partial charge in [-0.1, -0.05) is 97.1 Å². The molecule has 0 amide bonds. The number of aromatic nitrogens is 8. The molecule has 4 aromatic carbocycles. The molecule has 3 aromatic heterocycles. The van der Waals surface area contributed by atoms with Crippen LogP contribution in [0.1, 0.15) is 0 Å². The fraction of sp³-hybridized carbons (Fsp3) is 0. The van der Waals surface area contributed by atoms with E-state index >= 15 is 0 Å². The van der Waals surface area contributed by atoms with Gasteiger partial charge in [0.1, 0.15) is 22.6 Å². The van der Waals surface area contributed by atoms with Gasteiger partial charge in [-0.25, -0.2) is 29.9 Å². The first kappa shape index (κ1) is 27.5. The molecule has 0 spiro atoms. The van der Waals surface area contributed by atoms with Crippen LogP contribution in [0, 0.1) is 0 Å². The first-order valence-corrected chi connectivity index (χ1v) is 14.3. The summed E-state index contributed by atoms with van der Waals surface area (Å²) in [5, 5.41) is 3.82. The van der Waals surface area contributed by atoms with Crippen LogP contribution in [0.4, 0.5) is 0 Å². The summed E-state index contributed by atoms with van der Waals surface area (Å²) < 4.78 is 0. The Morgan fingerprint density at radius 3 is 0.837 bits per heavy atom. The van der Waals surface area contributed by atoms with Gasteiger partial charge in [0.05, 0.1) is 0 Å². The number of nitrogens with one attached hydrogen (secondary N) is 2. The van der Waals surface area contributed by atoms with Gasteiger partial charge in [0.15, 0.2) is 23.3 Å². The minimum Gasteiger partial charge on any atom is -0.324 e. The van der Waals surface area contributed by atoms with Crippen molar-refractivity contribution in [1.82, 2.24) is 39.9 Å². The molecule has 0 fully saturated rings. The number of hydrogen-bond acceptors (Lipinski definition) is 6. The van der Waals surface area contributed by atoms with E-state index in [2.05, 4.69) is 31.7 Å². The largest absolute Gasteiger partial charge is 0.324 e. The zero-order chi connectivity index (χ0) is 28.2.